The molecular formula is C15H18N2O3. The summed E-state index contributed by atoms with van der Waals surface area (Å²) in [6.07, 6.45) is 0.734. The molecule has 0 aliphatic carbocycles. The van der Waals surface area contributed by atoms with Crippen molar-refractivity contribution in [2.24, 2.45) is 5.92 Å². The Balaban J connectivity index is 2.55. The van der Waals surface area contributed by atoms with E-state index < -0.39 is 5.54 Å². The number of benzene rings is 1. The Bertz CT molecular complexity index is 517. The number of nitriles is 1. The molecule has 1 rings (SSSR count). The fraction of sp³-hybridized carbons (Fsp3) is 0.400. The van der Waals surface area contributed by atoms with E-state index in [-0.39, 0.29) is 18.4 Å². The smallest absolute Gasteiger partial charge is 0.259 e. The molecule has 5 nitrogen and oxygen atoms in total. The first kappa shape index (κ1) is 15.7. The lowest BCUT2D eigenvalue weighted by Crippen LogP contribution is -2.50. The molecule has 5 heteroatoms. The molecular weight excluding hydrogens is 256 g/mol. The summed E-state index contributed by atoms with van der Waals surface area (Å²) >= 11 is 0. The number of carbonyl (C=O) groups excluding carboxylic acids is 2. The van der Waals surface area contributed by atoms with Crippen LogP contribution in [0.5, 0.6) is 5.75 Å². The summed E-state index contributed by atoms with van der Waals surface area (Å²) in [5.41, 5.74) is -0.374. The summed E-state index contributed by atoms with van der Waals surface area (Å²) < 4.78 is 5.30. The molecule has 0 aliphatic rings. The van der Waals surface area contributed by atoms with E-state index in [2.05, 4.69) is 11.4 Å². The monoisotopic (exact) mass is 274 g/mol. The van der Waals surface area contributed by atoms with Gasteiger partial charge in [0.15, 0.2) is 6.61 Å². The van der Waals surface area contributed by atoms with Crippen molar-refractivity contribution in [3.8, 4) is 11.8 Å². The Labute approximate surface area is 118 Å². The topological polar surface area (TPSA) is 79.2 Å². The summed E-state index contributed by atoms with van der Waals surface area (Å²) in [4.78, 5) is 22.3. The SMILES string of the molecule is CC(C)C(C)(C#N)NC(=O)COc1ccc(C=O)cc1. The summed E-state index contributed by atoms with van der Waals surface area (Å²) in [6.45, 7) is 5.23. The Morgan fingerprint density at radius 2 is 2.05 bits per heavy atom. The maximum Gasteiger partial charge on any atom is 0.259 e. The van der Waals surface area contributed by atoms with E-state index in [0.717, 1.165) is 6.29 Å². The Hall–Kier alpha value is -2.35. The van der Waals surface area contributed by atoms with Crippen LogP contribution in [-0.4, -0.2) is 24.3 Å². The van der Waals surface area contributed by atoms with Gasteiger partial charge in [0.05, 0.1) is 6.07 Å². The van der Waals surface area contributed by atoms with Gasteiger partial charge < -0.3 is 10.1 Å². The van der Waals surface area contributed by atoms with Gasteiger partial charge in [-0.25, -0.2) is 0 Å². The van der Waals surface area contributed by atoms with E-state index >= 15 is 0 Å². The minimum Gasteiger partial charge on any atom is -0.484 e. The van der Waals surface area contributed by atoms with E-state index in [1.807, 2.05) is 13.8 Å². The highest BCUT2D eigenvalue weighted by Gasteiger charge is 2.29. The average molecular weight is 274 g/mol. The second-order valence-corrected chi connectivity index (χ2v) is 4.99. The zero-order chi connectivity index (χ0) is 15.2. The molecule has 0 spiro atoms. The van der Waals surface area contributed by atoms with Crippen molar-refractivity contribution in [2.75, 3.05) is 6.61 Å². The van der Waals surface area contributed by atoms with Gasteiger partial charge >= 0.3 is 0 Å². The van der Waals surface area contributed by atoms with Gasteiger partial charge in [0.25, 0.3) is 5.91 Å². The molecule has 0 fully saturated rings. The number of rotatable bonds is 6. The highest BCUT2D eigenvalue weighted by molar-refractivity contribution is 5.79. The van der Waals surface area contributed by atoms with Crippen LogP contribution in [0.2, 0.25) is 0 Å². The lowest BCUT2D eigenvalue weighted by atomic mass is 9.90. The number of hydrogen-bond acceptors (Lipinski definition) is 4. The minimum atomic E-state index is -0.915. The first-order valence-electron chi connectivity index (χ1n) is 6.31. The van der Waals surface area contributed by atoms with Gasteiger partial charge in [-0.15, -0.1) is 0 Å². The van der Waals surface area contributed by atoms with Crippen LogP contribution in [0.4, 0.5) is 0 Å². The number of hydrogen-bond donors (Lipinski definition) is 1. The van der Waals surface area contributed by atoms with Crippen molar-refractivity contribution in [3.05, 3.63) is 29.8 Å². The van der Waals surface area contributed by atoms with Gasteiger partial charge in [-0.2, -0.15) is 5.26 Å². The molecule has 1 aromatic carbocycles. The molecule has 1 N–H and O–H groups in total. The van der Waals surface area contributed by atoms with Crippen molar-refractivity contribution in [1.82, 2.24) is 5.32 Å². The van der Waals surface area contributed by atoms with Crippen LogP contribution in [0.15, 0.2) is 24.3 Å². The van der Waals surface area contributed by atoms with Crippen molar-refractivity contribution >= 4 is 12.2 Å². The van der Waals surface area contributed by atoms with E-state index in [1.165, 1.54) is 0 Å². The molecule has 106 valence electrons. The Morgan fingerprint density at radius 3 is 2.50 bits per heavy atom. The number of amides is 1. The zero-order valence-electron chi connectivity index (χ0n) is 11.8. The zero-order valence-corrected chi connectivity index (χ0v) is 11.8. The minimum absolute atomic E-state index is 0.0108. The maximum absolute atomic E-state index is 11.8. The lowest BCUT2D eigenvalue weighted by molar-refractivity contribution is -0.124. The number of ether oxygens (including phenoxy) is 1. The standard InChI is InChI=1S/C15H18N2O3/c1-11(2)15(3,10-16)17-14(19)9-20-13-6-4-12(8-18)5-7-13/h4-8,11H,9H2,1-3H3,(H,17,19). The molecule has 0 saturated heterocycles. The van der Waals surface area contributed by atoms with E-state index in [9.17, 15) is 9.59 Å². The van der Waals surface area contributed by atoms with Crippen molar-refractivity contribution in [2.45, 2.75) is 26.3 Å². The summed E-state index contributed by atoms with van der Waals surface area (Å²) in [7, 11) is 0. The third kappa shape index (κ3) is 4.09. The first-order valence-corrected chi connectivity index (χ1v) is 6.31. The molecule has 0 aliphatic heterocycles. The van der Waals surface area contributed by atoms with Gasteiger partial charge in [-0.05, 0) is 37.1 Å². The summed E-state index contributed by atoms with van der Waals surface area (Å²) in [5, 5.41) is 11.8. The normalized spacial score (nSPS) is 13.2. The number of nitrogens with one attached hydrogen (secondary N) is 1. The highest BCUT2D eigenvalue weighted by atomic mass is 16.5. The number of carbonyl (C=O) groups is 2. The third-order valence-electron chi connectivity index (χ3n) is 3.17. The number of aldehydes is 1. The molecule has 1 unspecified atom stereocenters. The van der Waals surface area contributed by atoms with Crippen LogP contribution >= 0.6 is 0 Å². The quantitative estimate of drug-likeness (QED) is 0.804. The molecule has 0 aromatic heterocycles. The first-order chi connectivity index (χ1) is 9.41. The van der Waals surface area contributed by atoms with Gasteiger partial charge in [0.1, 0.15) is 17.6 Å². The average Bonchev–Trinajstić information content (AvgIpc) is 2.45. The van der Waals surface area contributed by atoms with E-state index in [1.54, 1.807) is 31.2 Å². The highest BCUT2D eigenvalue weighted by Crippen LogP contribution is 2.15. The van der Waals surface area contributed by atoms with Gasteiger partial charge in [-0.1, -0.05) is 13.8 Å². The second-order valence-electron chi connectivity index (χ2n) is 4.99. The molecule has 20 heavy (non-hydrogen) atoms. The summed E-state index contributed by atoms with van der Waals surface area (Å²) in [6, 6.07) is 8.53. The van der Waals surface area contributed by atoms with Crippen molar-refractivity contribution in [1.29, 1.82) is 5.26 Å². The van der Waals surface area contributed by atoms with Crippen LogP contribution in [-0.2, 0) is 4.79 Å². The maximum atomic E-state index is 11.8. The van der Waals surface area contributed by atoms with Gasteiger partial charge in [0.2, 0.25) is 0 Å². The lowest BCUT2D eigenvalue weighted by Gasteiger charge is -2.27. The molecule has 1 aromatic rings. The largest absolute Gasteiger partial charge is 0.484 e. The van der Waals surface area contributed by atoms with Gasteiger partial charge in [0, 0.05) is 5.56 Å². The second kappa shape index (κ2) is 6.71. The molecule has 0 saturated carbocycles. The van der Waals surface area contributed by atoms with Gasteiger partial charge in [-0.3, -0.25) is 9.59 Å². The van der Waals surface area contributed by atoms with Crippen molar-refractivity contribution in [3.63, 3.8) is 0 Å². The van der Waals surface area contributed by atoms with Crippen LogP contribution in [0.1, 0.15) is 31.1 Å². The Kier molecular flexibility index (Phi) is 5.27. The molecule has 0 radical (unpaired) electrons. The predicted molar refractivity (Wildman–Crippen MR) is 74.3 cm³/mol. The summed E-state index contributed by atoms with van der Waals surface area (Å²) in [5.74, 6) is 0.125. The fourth-order valence-corrected chi connectivity index (χ4v) is 1.42. The predicted octanol–water partition coefficient (Wildman–Crippen LogP) is 1.93. The fourth-order valence-electron chi connectivity index (χ4n) is 1.42. The van der Waals surface area contributed by atoms with Crippen LogP contribution < -0.4 is 10.1 Å². The van der Waals surface area contributed by atoms with E-state index in [0.29, 0.717) is 11.3 Å². The Morgan fingerprint density at radius 1 is 1.45 bits per heavy atom. The van der Waals surface area contributed by atoms with Crippen LogP contribution in [0, 0.1) is 17.2 Å². The molecule has 1 atom stereocenters. The molecule has 0 bridgehead atoms. The van der Waals surface area contributed by atoms with Crippen molar-refractivity contribution < 1.29 is 14.3 Å². The van der Waals surface area contributed by atoms with E-state index in [4.69, 9.17) is 10.00 Å². The third-order valence-corrected chi connectivity index (χ3v) is 3.17. The van der Waals surface area contributed by atoms with Crippen LogP contribution in [0.25, 0.3) is 0 Å². The molecule has 1 amide bonds. The number of nitrogens with zero attached hydrogens (tertiary/aromatic N) is 1. The van der Waals surface area contributed by atoms with Crippen LogP contribution in [0.3, 0.4) is 0 Å². The molecule has 0 heterocycles.